The largest absolute Gasteiger partial charge is 0.464 e. The maximum absolute atomic E-state index is 13.5. The molecule has 0 aliphatic rings. The Morgan fingerprint density at radius 2 is 2.00 bits per heavy atom. The fraction of sp³-hybridized carbons (Fsp3) is 0.0909. The summed E-state index contributed by atoms with van der Waals surface area (Å²) in [6, 6.07) is 0.305. The van der Waals surface area contributed by atoms with E-state index in [4.69, 9.17) is 0 Å². The first-order chi connectivity index (χ1) is 8.51. The molecule has 0 fully saturated rings. The number of rotatable bonds is 2. The van der Waals surface area contributed by atoms with Crippen LogP contribution in [0, 0.1) is 17.5 Å². The van der Waals surface area contributed by atoms with Gasteiger partial charge in [0.1, 0.15) is 11.5 Å². The minimum absolute atomic E-state index is 0.172. The normalized spacial score (nSPS) is 10.7. The van der Waals surface area contributed by atoms with Gasteiger partial charge in [0.25, 0.3) is 0 Å². The molecule has 18 heavy (non-hydrogen) atoms. The molecule has 1 aromatic carbocycles. The van der Waals surface area contributed by atoms with Crippen LogP contribution in [0.15, 0.2) is 6.07 Å². The van der Waals surface area contributed by atoms with Crippen molar-refractivity contribution in [3.63, 3.8) is 0 Å². The predicted molar refractivity (Wildman–Crippen MR) is 54.9 cm³/mol. The molecule has 0 radical (unpaired) electrons. The lowest BCUT2D eigenvalue weighted by molar-refractivity contribution is 0.0593. The molecule has 0 aliphatic carbocycles. The van der Waals surface area contributed by atoms with Gasteiger partial charge in [-0.05, 0) is 0 Å². The van der Waals surface area contributed by atoms with Gasteiger partial charge in [-0.3, -0.25) is 4.79 Å². The monoisotopic (exact) mass is 257 g/mol. The zero-order valence-corrected chi connectivity index (χ0v) is 9.01. The molecule has 0 spiro atoms. The summed E-state index contributed by atoms with van der Waals surface area (Å²) in [6.07, 6.45) is 0.172. The summed E-state index contributed by atoms with van der Waals surface area (Å²) in [5.41, 5.74) is -1.42. The number of aromatic amines is 1. The Morgan fingerprint density at radius 3 is 2.56 bits per heavy atom. The maximum atomic E-state index is 13.5. The smallest absolute Gasteiger partial charge is 0.355 e. The van der Waals surface area contributed by atoms with Crippen molar-refractivity contribution in [3.05, 3.63) is 34.8 Å². The topological polar surface area (TPSA) is 59.2 Å². The number of nitrogens with one attached hydrogen (secondary N) is 1. The molecule has 0 saturated heterocycles. The molecule has 0 bridgehead atoms. The second kappa shape index (κ2) is 4.17. The van der Waals surface area contributed by atoms with Crippen molar-refractivity contribution < 1.29 is 27.5 Å². The summed E-state index contributed by atoms with van der Waals surface area (Å²) in [6.45, 7) is 0. The quantitative estimate of drug-likeness (QED) is 0.509. The highest BCUT2D eigenvalue weighted by Gasteiger charge is 2.24. The number of carbonyl (C=O) groups excluding carboxylic acids is 2. The van der Waals surface area contributed by atoms with Crippen LogP contribution in [0.4, 0.5) is 13.2 Å². The van der Waals surface area contributed by atoms with Gasteiger partial charge in [0.15, 0.2) is 17.9 Å². The van der Waals surface area contributed by atoms with Crippen molar-refractivity contribution in [2.75, 3.05) is 7.11 Å². The molecule has 0 saturated carbocycles. The number of halogens is 3. The first-order valence-electron chi connectivity index (χ1n) is 4.74. The molecular weight excluding hydrogens is 251 g/mol. The lowest BCUT2D eigenvalue weighted by atomic mass is 10.1. The third-order valence-electron chi connectivity index (χ3n) is 2.47. The summed E-state index contributed by atoms with van der Waals surface area (Å²) in [7, 11) is 1.04. The van der Waals surface area contributed by atoms with Crippen molar-refractivity contribution in [1.82, 2.24) is 4.98 Å². The first kappa shape index (κ1) is 12.2. The van der Waals surface area contributed by atoms with E-state index in [1.54, 1.807) is 0 Å². The van der Waals surface area contributed by atoms with E-state index in [1.807, 2.05) is 0 Å². The Morgan fingerprint density at radius 1 is 1.33 bits per heavy atom. The van der Waals surface area contributed by atoms with Crippen LogP contribution in [0.5, 0.6) is 0 Å². The molecule has 2 aromatic rings. The molecule has 0 unspecified atom stereocenters. The van der Waals surface area contributed by atoms with E-state index < -0.39 is 45.6 Å². The van der Waals surface area contributed by atoms with Crippen LogP contribution < -0.4 is 0 Å². The van der Waals surface area contributed by atoms with Crippen LogP contribution in [0.3, 0.4) is 0 Å². The zero-order chi connectivity index (χ0) is 13.4. The molecular formula is C11H6F3NO3. The molecule has 1 N–H and O–H groups in total. The van der Waals surface area contributed by atoms with E-state index >= 15 is 0 Å². The van der Waals surface area contributed by atoms with Gasteiger partial charge in [-0.25, -0.2) is 18.0 Å². The summed E-state index contributed by atoms with van der Waals surface area (Å²) in [4.78, 5) is 24.3. The minimum Gasteiger partial charge on any atom is -0.464 e. The summed E-state index contributed by atoms with van der Waals surface area (Å²) in [5.74, 6) is -4.91. The highest BCUT2D eigenvalue weighted by atomic mass is 19.2. The van der Waals surface area contributed by atoms with E-state index in [2.05, 4.69) is 9.72 Å². The minimum atomic E-state index is -1.42. The highest BCUT2D eigenvalue weighted by Crippen LogP contribution is 2.28. The molecule has 94 valence electrons. The number of fused-ring (bicyclic) bond motifs is 1. The third kappa shape index (κ3) is 1.55. The third-order valence-corrected chi connectivity index (χ3v) is 2.47. The lowest BCUT2D eigenvalue weighted by Gasteiger charge is -1.97. The summed E-state index contributed by atoms with van der Waals surface area (Å²) >= 11 is 0. The van der Waals surface area contributed by atoms with E-state index in [-0.39, 0.29) is 6.29 Å². The SMILES string of the molecule is COC(=O)c1[nH]c2c(F)c(F)cc(F)c2c1C=O. The van der Waals surface area contributed by atoms with E-state index in [0.29, 0.717) is 6.07 Å². The average molecular weight is 257 g/mol. The number of esters is 1. The number of aromatic nitrogens is 1. The number of benzene rings is 1. The van der Waals surface area contributed by atoms with Gasteiger partial charge in [0.2, 0.25) is 0 Å². The van der Waals surface area contributed by atoms with Crippen molar-refractivity contribution >= 4 is 23.2 Å². The van der Waals surface area contributed by atoms with E-state index in [9.17, 15) is 22.8 Å². The second-order valence-electron chi connectivity index (χ2n) is 3.43. The molecule has 0 atom stereocenters. The molecule has 1 aromatic heterocycles. The van der Waals surface area contributed by atoms with Crippen LogP contribution >= 0.6 is 0 Å². The van der Waals surface area contributed by atoms with Crippen LogP contribution in [-0.2, 0) is 4.74 Å². The molecule has 4 nitrogen and oxygen atoms in total. The van der Waals surface area contributed by atoms with Gasteiger partial charge in [-0.2, -0.15) is 0 Å². The van der Waals surface area contributed by atoms with Gasteiger partial charge in [-0.1, -0.05) is 0 Å². The van der Waals surface area contributed by atoms with Crippen molar-refractivity contribution in [2.45, 2.75) is 0 Å². The van der Waals surface area contributed by atoms with Crippen molar-refractivity contribution in [2.24, 2.45) is 0 Å². The molecule has 1 heterocycles. The van der Waals surface area contributed by atoms with Crippen molar-refractivity contribution in [3.8, 4) is 0 Å². The van der Waals surface area contributed by atoms with Crippen LogP contribution in [0.2, 0.25) is 0 Å². The molecule has 7 heteroatoms. The Kier molecular flexibility index (Phi) is 2.82. The maximum Gasteiger partial charge on any atom is 0.355 e. The van der Waals surface area contributed by atoms with Gasteiger partial charge in [-0.15, -0.1) is 0 Å². The standard InChI is InChI=1S/C11H6F3NO3/c1-18-11(17)9-4(3-16)7-5(12)2-6(13)8(14)10(7)15-9/h2-3,15H,1H3. The predicted octanol–water partition coefficient (Wildman–Crippen LogP) is 2.18. The number of carbonyl (C=O) groups is 2. The number of hydrogen-bond acceptors (Lipinski definition) is 3. The number of aldehydes is 1. The Balaban J connectivity index is 2.93. The zero-order valence-electron chi connectivity index (χ0n) is 9.01. The lowest BCUT2D eigenvalue weighted by Crippen LogP contribution is -2.04. The molecule has 0 amide bonds. The van der Waals surface area contributed by atoms with Crippen molar-refractivity contribution in [1.29, 1.82) is 0 Å². The van der Waals surface area contributed by atoms with Crippen LogP contribution in [0.25, 0.3) is 10.9 Å². The Labute approximate surface area is 98.4 Å². The number of ether oxygens (including phenoxy) is 1. The van der Waals surface area contributed by atoms with Gasteiger partial charge < -0.3 is 9.72 Å². The van der Waals surface area contributed by atoms with Gasteiger partial charge >= 0.3 is 5.97 Å². The van der Waals surface area contributed by atoms with Gasteiger partial charge in [0, 0.05) is 11.5 Å². The first-order valence-corrected chi connectivity index (χ1v) is 4.74. The molecule has 0 aliphatic heterocycles. The highest BCUT2D eigenvalue weighted by molar-refractivity contribution is 6.08. The average Bonchev–Trinajstić information content (AvgIpc) is 2.75. The second-order valence-corrected chi connectivity index (χ2v) is 3.43. The Hall–Kier alpha value is -2.31. The molecule has 2 rings (SSSR count). The fourth-order valence-electron chi connectivity index (χ4n) is 1.67. The number of H-pyrrole nitrogens is 1. The summed E-state index contributed by atoms with van der Waals surface area (Å²) < 4.78 is 44.3. The fourth-order valence-corrected chi connectivity index (χ4v) is 1.67. The van der Waals surface area contributed by atoms with E-state index in [1.165, 1.54) is 0 Å². The van der Waals surface area contributed by atoms with Crippen LogP contribution in [-0.4, -0.2) is 24.3 Å². The van der Waals surface area contributed by atoms with Crippen LogP contribution in [0.1, 0.15) is 20.8 Å². The summed E-state index contributed by atoms with van der Waals surface area (Å²) in [5, 5.41) is -0.482. The Bertz CT molecular complexity index is 663. The van der Waals surface area contributed by atoms with Gasteiger partial charge in [0.05, 0.1) is 18.2 Å². The number of methoxy groups -OCH3 is 1. The van der Waals surface area contributed by atoms with E-state index in [0.717, 1.165) is 7.11 Å². The number of hydrogen-bond donors (Lipinski definition) is 1.